The summed E-state index contributed by atoms with van der Waals surface area (Å²) >= 11 is 0. The molecule has 2 heterocycles. The number of phenols is 1. The molecule has 1 saturated carbocycles. The van der Waals surface area contributed by atoms with E-state index in [0.717, 1.165) is 13.1 Å². The molecular weight excluding hydrogens is 608 g/mol. The lowest BCUT2D eigenvalue weighted by atomic mass is 9.58. The van der Waals surface area contributed by atoms with E-state index in [4.69, 9.17) is 15.2 Å². The number of rotatable bonds is 7. The fourth-order valence-electron chi connectivity index (χ4n) is 8.21. The Hall–Kier alpha value is -4.27. The van der Waals surface area contributed by atoms with Crippen molar-refractivity contribution in [3.05, 3.63) is 70.0 Å². The quantitative estimate of drug-likeness (QED) is 0.233. The zero-order valence-corrected chi connectivity index (χ0v) is 26.2. The molecule has 0 bridgehead atoms. The van der Waals surface area contributed by atoms with Crippen LogP contribution in [-0.4, -0.2) is 119 Å². The van der Waals surface area contributed by atoms with E-state index in [1.54, 1.807) is 43.3 Å². The predicted molar refractivity (Wildman–Crippen MR) is 168 cm³/mol. The van der Waals surface area contributed by atoms with E-state index in [9.17, 15) is 34.8 Å². The summed E-state index contributed by atoms with van der Waals surface area (Å²) in [4.78, 5) is 43.6. The van der Waals surface area contributed by atoms with Gasteiger partial charge in [0.2, 0.25) is 11.6 Å². The molecule has 0 radical (unpaired) electrons. The highest BCUT2D eigenvalue weighted by Gasteiger charge is 2.86. The van der Waals surface area contributed by atoms with Gasteiger partial charge in [0.25, 0.3) is 11.8 Å². The topological polar surface area (TPSA) is 198 Å². The summed E-state index contributed by atoms with van der Waals surface area (Å²) in [7, 11) is 3.34. The van der Waals surface area contributed by atoms with Crippen LogP contribution in [0.1, 0.15) is 27.9 Å². The Kier molecular flexibility index (Phi) is 7.45. The van der Waals surface area contributed by atoms with Gasteiger partial charge in [0.15, 0.2) is 5.60 Å². The molecule has 3 fully saturated rings. The van der Waals surface area contributed by atoms with Gasteiger partial charge in [-0.1, -0.05) is 18.2 Å². The van der Waals surface area contributed by atoms with Crippen molar-refractivity contribution in [2.75, 3.05) is 53.5 Å². The number of nitrogens with zero attached hydrogens (tertiary/aromatic N) is 2. The predicted octanol–water partition coefficient (Wildman–Crippen LogP) is 0.850. The maximum atomic E-state index is 14.3. The van der Waals surface area contributed by atoms with E-state index in [-0.39, 0.29) is 35.6 Å². The Bertz CT molecular complexity index is 1760. The second-order valence-electron chi connectivity index (χ2n) is 13.1. The van der Waals surface area contributed by atoms with Crippen molar-refractivity contribution < 1.29 is 44.3 Å². The molecule has 2 amide bonds. The Morgan fingerprint density at radius 2 is 1.87 bits per heavy atom. The Morgan fingerprint density at radius 1 is 1.13 bits per heavy atom. The number of primary amides is 1. The SMILES string of the molecule is CN(C)[C@@H]1C(O)=C(C(N)=O)C2(O)O[C@@]23C(=O)C2=C(O)c4c(O)ccc(-c5cccc(C(=O)NCCN6CCOCC6)c5)c4C[C@H]2C[C@@H]13. The number of phenolic OH excluding ortho intramolecular Hbond substituents is 1. The number of morpholine rings is 1. The molecule has 2 aromatic carbocycles. The number of benzene rings is 2. The molecular formula is C34H38N4O9. The summed E-state index contributed by atoms with van der Waals surface area (Å²) in [6.45, 7) is 4.20. The van der Waals surface area contributed by atoms with Crippen LogP contribution >= 0.6 is 0 Å². The molecule has 2 aliphatic heterocycles. The van der Waals surface area contributed by atoms with Crippen molar-refractivity contribution in [3.8, 4) is 16.9 Å². The van der Waals surface area contributed by atoms with Crippen molar-refractivity contribution in [2.45, 2.75) is 30.3 Å². The van der Waals surface area contributed by atoms with Crippen LogP contribution in [-0.2, 0) is 25.5 Å². The summed E-state index contributed by atoms with van der Waals surface area (Å²) in [5.74, 6) is -7.01. The first-order valence-electron chi connectivity index (χ1n) is 15.7. The summed E-state index contributed by atoms with van der Waals surface area (Å²) in [6, 6.07) is 9.34. The third kappa shape index (κ3) is 4.59. The highest BCUT2D eigenvalue weighted by Crippen LogP contribution is 2.67. The van der Waals surface area contributed by atoms with Gasteiger partial charge in [0.1, 0.15) is 22.8 Å². The molecule has 7 rings (SSSR count). The smallest absolute Gasteiger partial charge is 0.253 e. The molecule has 248 valence electrons. The first kappa shape index (κ1) is 31.3. The molecule has 13 nitrogen and oxygen atoms in total. The van der Waals surface area contributed by atoms with Crippen molar-refractivity contribution in [1.82, 2.24) is 15.1 Å². The standard InChI is InChI=1S/C34H38N4O9/c1-37(2)27-22-16-19-15-21-20(17-4-3-5-18(14-17)32(44)36-8-9-38-10-12-46-13-11-38)6-7-23(39)25(21)28(40)24(19)30(42)33(22)34(45,47-33)26(29(27)41)31(35)43/h3-7,14,19,22,27,39-41,45H,8-13,15-16H2,1-2H3,(H2,35,43)(H,36,44)/t19-,22-,27-,33-,34?/m0/s1. The van der Waals surface area contributed by atoms with Crippen LogP contribution in [0.25, 0.3) is 16.9 Å². The van der Waals surface area contributed by atoms with Gasteiger partial charge in [-0.15, -0.1) is 0 Å². The van der Waals surface area contributed by atoms with Gasteiger partial charge in [-0.3, -0.25) is 24.2 Å². The lowest BCUT2D eigenvalue weighted by molar-refractivity contribution is -0.127. The lowest BCUT2D eigenvalue weighted by Gasteiger charge is -2.46. The average molecular weight is 647 g/mol. The van der Waals surface area contributed by atoms with E-state index < -0.39 is 58.0 Å². The Balaban J connectivity index is 1.23. The Morgan fingerprint density at radius 3 is 2.57 bits per heavy atom. The molecule has 5 aliphatic rings. The number of carbonyl (C=O) groups is 3. The summed E-state index contributed by atoms with van der Waals surface area (Å²) in [5, 5.41) is 48.2. The second kappa shape index (κ2) is 11.2. The Labute approximate surface area is 270 Å². The molecule has 0 aromatic heterocycles. The van der Waals surface area contributed by atoms with Gasteiger partial charge in [-0.25, -0.2) is 0 Å². The van der Waals surface area contributed by atoms with Gasteiger partial charge in [-0.05, 0) is 67.7 Å². The normalized spacial score (nSPS) is 30.0. The molecule has 1 spiro atoms. The lowest BCUT2D eigenvalue weighted by Crippen LogP contribution is -2.60. The number of aliphatic hydroxyl groups excluding tert-OH is 2. The number of likely N-dealkylation sites (N-methyl/N-ethyl adjacent to an activating group) is 1. The minimum absolute atomic E-state index is 0.0202. The number of ketones is 1. The zero-order valence-electron chi connectivity index (χ0n) is 26.2. The number of aromatic hydroxyl groups is 1. The number of hydrogen-bond acceptors (Lipinski definition) is 11. The largest absolute Gasteiger partial charge is 0.510 e. The number of ether oxygens (including phenoxy) is 2. The fourth-order valence-corrected chi connectivity index (χ4v) is 8.21. The monoisotopic (exact) mass is 646 g/mol. The van der Waals surface area contributed by atoms with Gasteiger partial charge in [-0.2, -0.15) is 0 Å². The van der Waals surface area contributed by atoms with E-state index in [0.29, 0.717) is 48.6 Å². The molecule has 2 aromatic rings. The summed E-state index contributed by atoms with van der Waals surface area (Å²) < 4.78 is 11.1. The zero-order chi connectivity index (χ0) is 33.4. The number of nitrogens with one attached hydrogen (secondary N) is 1. The van der Waals surface area contributed by atoms with Gasteiger partial charge in [0, 0.05) is 43.2 Å². The van der Waals surface area contributed by atoms with Crippen molar-refractivity contribution in [1.29, 1.82) is 0 Å². The first-order valence-corrected chi connectivity index (χ1v) is 15.7. The van der Waals surface area contributed by atoms with E-state index in [1.165, 1.54) is 6.07 Å². The number of Topliss-reactive ketones (excluding diaryl/α,β-unsaturated/α-hetero) is 1. The molecule has 5 atom stereocenters. The van der Waals surface area contributed by atoms with Crippen LogP contribution < -0.4 is 11.1 Å². The molecule has 47 heavy (non-hydrogen) atoms. The highest BCUT2D eigenvalue weighted by molar-refractivity contribution is 6.14. The van der Waals surface area contributed by atoms with Crippen molar-refractivity contribution in [3.63, 3.8) is 0 Å². The van der Waals surface area contributed by atoms with E-state index >= 15 is 0 Å². The van der Waals surface area contributed by atoms with Crippen LogP contribution in [0.4, 0.5) is 0 Å². The third-order valence-corrected chi connectivity index (χ3v) is 10.4. The number of aliphatic hydroxyl groups is 3. The minimum atomic E-state index is -2.44. The first-order chi connectivity index (χ1) is 22.4. The molecule has 2 saturated heterocycles. The highest BCUT2D eigenvalue weighted by atomic mass is 16.8. The van der Waals surface area contributed by atoms with Gasteiger partial charge in [0.05, 0.1) is 24.8 Å². The molecule has 1 unspecified atom stereocenters. The third-order valence-electron chi connectivity index (χ3n) is 10.4. The maximum Gasteiger partial charge on any atom is 0.253 e. The van der Waals surface area contributed by atoms with Crippen molar-refractivity contribution in [2.24, 2.45) is 17.6 Å². The number of amides is 2. The molecule has 13 heteroatoms. The minimum Gasteiger partial charge on any atom is -0.510 e. The number of carbonyl (C=O) groups excluding carboxylic acids is 3. The fraction of sp³-hybridized carbons (Fsp3) is 0.441. The number of nitrogens with two attached hydrogens (primary N) is 1. The van der Waals surface area contributed by atoms with Crippen LogP contribution in [0.2, 0.25) is 0 Å². The number of hydrogen-bond donors (Lipinski definition) is 6. The van der Waals surface area contributed by atoms with E-state index in [1.807, 2.05) is 6.07 Å². The van der Waals surface area contributed by atoms with Gasteiger partial charge >= 0.3 is 0 Å². The maximum absolute atomic E-state index is 14.3. The van der Waals surface area contributed by atoms with Crippen molar-refractivity contribution >= 4 is 23.4 Å². The second-order valence-corrected chi connectivity index (χ2v) is 13.1. The number of epoxide rings is 1. The summed E-state index contributed by atoms with van der Waals surface area (Å²) in [6.07, 6.45) is 0.436. The number of fused-ring (bicyclic) bond motifs is 2. The molecule has 3 aliphatic carbocycles. The average Bonchev–Trinajstić information content (AvgIpc) is 3.67. The van der Waals surface area contributed by atoms with Crippen LogP contribution in [0, 0.1) is 11.8 Å². The van der Waals surface area contributed by atoms with E-state index in [2.05, 4.69) is 10.2 Å². The van der Waals surface area contributed by atoms with Gasteiger partial charge < -0.3 is 41.0 Å². The van der Waals surface area contributed by atoms with Crippen LogP contribution in [0.3, 0.4) is 0 Å². The van der Waals surface area contributed by atoms with Crippen LogP contribution in [0.5, 0.6) is 5.75 Å². The molecule has 7 N–H and O–H groups in total. The van der Waals surface area contributed by atoms with Crippen LogP contribution in [0.15, 0.2) is 53.3 Å². The summed E-state index contributed by atoms with van der Waals surface area (Å²) in [5.41, 5.74) is 5.47.